The van der Waals surface area contributed by atoms with Crippen molar-refractivity contribution in [2.75, 3.05) is 30.9 Å². The minimum atomic E-state index is -0.693. The molecular weight excluding hydrogens is 318 g/mol. The summed E-state index contributed by atoms with van der Waals surface area (Å²) in [6, 6.07) is 12.7. The molecule has 2 N–H and O–H groups in total. The Morgan fingerprint density at radius 3 is 2.60 bits per heavy atom. The fourth-order valence-corrected chi connectivity index (χ4v) is 2.93. The van der Waals surface area contributed by atoms with Crippen LogP contribution in [0.5, 0.6) is 5.75 Å². The number of benzene rings is 2. The van der Waals surface area contributed by atoms with Crippen molar-refractivity contribution in [3.8, 4) is 5.75 Å². The second-order valence-electron chi connectivity index (χ2n) is 6.22. The van der Waals surface area contributed by atoms with E-state index in [4.69, 9.17) is 4.74 Å². The first-order valence-electron chi connectivity index (χ1n) is 8.07. The predicted molar refractivity (Wildman–Crippen MR) is 97.0 cm³/mol. The highest BCUT2D eigenvalue weighted by molar-refractivity contribution is 6.39. The molecule has 1 heterocycles. The van der Waals surface area contributed by atoms with E-state index in [0.717, 1.165) is 22.6 Å². The first-order chi connectivity index (χ1) is 12.0. The molecule has 2 aromatic carbocycles. The molecule has 1 aliphatic heterocycles. The third kappa shape index (κ3) is 3.57. The Balaban J connectivity index is 1.64. The number of nitrogens with zero attached hydrogens (tertiary/aromatic N) is 1. The lowest BCUT2D eigenvalue weighted by Crippen LogP contribution is -2.38. The van der Waals surface area contributed by atoms with E-state index in [1.807, 2.05) is 62.3 Å². The number of amides is 2. The lowest BCUT2D eigenvalue weighted by molar-refractivity contribution is -0.136. The number of anilines is 2. The van der Waals surface area contributed by atoms with Crippen LogP contribution in [-0.2, 0) is 9.59 Å². The van der Waals surface area contributed by atoms with Crippen LogP contribution >= 0.6 is 0 Å². The van der Waals surface area contributed by atoms with Crippen molar-refractivity contribution in [3.05, 3.63) is 53.6 Å². The maximum Gasteiger partial charge on any atom is 0.313 e. The van der Waals surface area contributed by atoms with E-state index in [0.29, 0.717) is 12.3 Å². The second kappa shape index (κ2) is 6.84. The molecule has 0 saturated carbocycles. The summed E-state index contributed by atoms with van der Waals surface area (Å²) in [7, 11) is 3.91. The van der Waals surface area contributed by atoms with Crippen LogP contribution in [-0.4, -0.2) is 32.5 Å². The zero-order chi connectivity index (χ0) is 18.0. The van der Waals surface area contributed by atoms with E-state index in [1.54, 1.807) is 6.07 Å². The van der Waals surface area contributed by atoms with Crippen molar-refractivity contribution in [1.82, 2.24) is 5.32 Å². The molecule has 0 bridgehead atoms. The Kier molecular flexibility index (Phi) is 4.61. The van der Waals surface area contributed by atoms with E-state index in [9.17, 15) is 9.59 Å². The van der Waals surface area contributed by atoms with Gasteiger partial charge in [0.2, 0.25) is 0 Å². The van der Waals surface area contributed by atoms with Gasteiger partial charge in [0, 0.05) is 31.0 Å². The molecule has 25 heavy (non-hydrogen) atoms. The van der Waals surface area contributed by atoms with Crippen molar-refractivity contribution < 1.29 is 14.3 Å². The Bertz CT molecular complexity index is 817. The van der Waals surface area contributed by atoms with Gasteiger partial charge in [0.25, 0.3) is 0 Å². The van der Waals surface area contributed by atoms with Crippen LogP contribution in [0.3, 0.4) is 0 Å². The number of hydrogen-bond acceptors (Lipinski definition) is 4. The van der Waals surface area contributed by atoms with E-state index >= 15 is 0 Å². The number of ether oxygens (including phenoxy) is 1. The number of rotatable bonds is 3. The van der Waals surface area contributed by atoms with Gasteiger partial charge in [0.05, 0.1) is 6.04 Å². The number of nitrogens with one attached hydrogen (secondary N) is 2. The highest BCUT2D eigenvalue weighted by atomic mass is 16.5. The van der Waals surface area contributed by atoms with Crippen LogP contribution in [0.25, 0.3) is 0 Å². The normalized spacial score (nSPS) is 15.1. The molecule has 0 aliphatic carbocycles. The van der Waals surface area contributed by atoms with Crippen LogP contribution in [0.2, 0.25) is 0 Å². The van der Waals surface area contributed by atoms with Gasteiger partial charge in [-0.3, -0.25) is 9.59 Å². The highest BCUT2D eigenvalue weighted by Gasteiger charge is 2.27. The average molecular weight is 339 g/mol. The molecule has 0 radical (unpaired) electrons. The van der Waals surface area contributed by atoms with Gasteiger partial charge in [-0.25, -0.2) is 0 Å². The summed E-state index contributed by atoms with van der Waals surface area (Å²) >= 11 is 0. The molecule has 2 amide bonds. The second-order valence-corrected chi connectivity index (χ2v) is 6.22. The number of aryl methyl sites for hydroxylation is 1. The van der Waals surface area contributed by atoms with Crippen molar-refractivity contribution in [2.24, 2.45) is 0 Å². The molecule has 0 fully saturated rings. The molecule has 130 valence electrons. The van der Waals surface area contributed by atoms with Crippen LogP contribution in [0.4, 0.5) is 11.4 Å². The quantitative estimate of drug-likeness (QED) is 0.842. The summed E-state index contributed by atoms with van der Waals surface area (Å²) in [6.45, 7) is 2.28. The van der Waals surface area contributed by atoms with Crippen LogP contribution < -0.4 is 20.3 Å². The van der Waals surface area contributed by atoms with E-state index in [-0.39, 0.29) is 6.04 Å². The van der Waals surface area contributed by atoms with Crippen LogP contribution in [0.1, 0.15) is 17.2 Å². The summed E-state index contributed by atoms with van der Waals surface area (Å²) in [5.74, 6) is -0.635. The van der Waals surface area contributed by atoms with Gasteiger partial charge in [-0.15, -0.1) is 0 Å². The summed E-state index contributed by atoms with van der Waals surface area (Å²) in [5.41, 5.74) is 3.55. The van der Waals surface area contributed by atoms with Gasteiger partial charge < -0.3 is 20.3 Å². The van der Waals surface area contributed by atoms with Gasteiger partial charge in [-0.2, -0.15) is 0 Å². The Morgan fingerprint density at radius 1 is 1.12 bits per heavy atom. The summed E-state index contributed by atoms with van der Waals surface area (Å²) in [6.07, 6.45) is 0. The molecular formula is C19H21N3O3. The topological polar surface area (TPSA) is 70.7 Å². The molecule has 2 aromatic rings. The third-order valence-electron chi connectivity index (χ3n) is 4.15. The number of carbonyl (C=O) groups excluding carboxylic acids is 2. The van der Waals surface area contributed by atoms with E-state index in [2.05, 4.69) is 10.6 Å². The van der Waals surface area contributed by atoms with Crippen molar-refractivity contribution in [1.29, 1.82) is 0 Å². The lowest BCUT2D eigenvalue weighted by atomic mass is 10.1. The summed E-state index contributed by atoms with van der Waals surface area (Å²) in [5, 5.41) is 5.35. The molecule has 3 rings (SSSR count). The van der Waals surface area contributed by atoms with E-state index < -0.39 is 11.8 Å². The zero-order valence-corrected chi connectivity index (χ0v) is 14.5. The van der Waals surface area contributed by atoms with Crippen molar-refractivity contribution in [2.45, 2.75) is 13.0 Å². The van der Waals surface area contributed by atoms with Gasteiger partial charge in [0.1, 0.15) is 12.4 Å². The first-order valence-corrected chi connectivity index (χ1v) is 8.07. The summed E-state index contributed by atoms with van der Waals surface area (Å²) < 4.78 is 5.51. The van der Waals surface area contributed by atoms with Crippen molar-refractivity contribution in [3.63, 3.8) is 0 Å². The number of hydrogen-bond donors (Lipinski definition) is 2. The van der Waals surface area contributed by atoms with Crippen LogP contribution in [0.15, 0.2) is 42.5 Å². The van der Waals surface area contributed by atoms with Gasteiger partial charge in [0.15, 0.2) is 0 Å². The molecule has 0 aromatic heterocycles. The largest absolute Gasteiger partial charge is 0.491 e. The first kappa shape index (κ1) is 16.8. The number of carbonyl (C=O) groups is 2. The van der Waals surface area contributed by atoms with E-state index in [1.165, 1.54) is 0 Å². The smallest absolute Gasteiger partial charge is 0.313 e. The Labute approximate surface area is 146 Å². The minimum Gasteiger partial charge on any atom is -0.491 e. The molecule has 1 atom stereocenters. The SMILES string of the molecule is Cc1cc(NC(=O)C(=O)N[C@H]2COc3ccccc32)ccc1N(C)C. The highest BCUT2D eigenvalue weighted by Crippen LogP contribution is 2.31. The fraction of sp³-hybridized carbons (Fsp3) is 0.263. The standard InChI is InChI=1S/C19H21N3O3/c1-12-10-13(8-9-16(12)22(2)3)20-18(23)19(24)21-15-11-25-17-7-5-4-6-14(15)17/h4-10,15H,11H2,1-3H3,(H,20,23)(H,21,24)/t15-/m0/s1. The number of para-hydroxylation sites is 1. The zero-order valence-electron chi connectivity index (χ0n) is 14.5. The van der Waals surface area contributed by atoms with Gasteiger partial charge in [-0.1, -0.05) is 18.2 Å². The molecule has 0 spiro atoms. The molecule has 0 unspecified atom stereocenters. The van der Waals surface area contributed by atoms with Crippen LogP contribution in [0, 0.1) is 6.92 Å². The molecule has 1 aliphatic rings. The number of fused-ring (bicyclic) bond motifs is 1. The Morgan fingerprint density at radius 2 is 1.88 bits per heavy atom. The maximum absolute atomic E-state index is 12.2. The molecule has 0 saturated heterocycles. The average Bonchev–Trinajstić information content (AvgIpc) is 2.97. The minimum absolute atomic E-state index is 0.313. The lowest BCUT2D eigenvalue weighted by Gasteiger charge is -2.17. The predicted octanol–water partition coefficient (Wildman–Crippen LogP) is 2.25. The molecule has 6 nitrogen and oxygen atoms in total. The van der Waals surface area contributed by atoms with Gasteiger partial charge >= 0.3 is 11.8 Å². The maximum atomic E-state index is 12.2. The Hall–Kier alpha value is -3.02. The third-order valence-corrected chi connectivity index (χ3v) is 4.15. The van der Waals surface area contributed by atoms with Gasteiger partial charge in [-0.05, 0) is 36.8 Å². The summed E-state index contributed by atoms with van der Waals surface area (Å²) in [4.78, 5) is 26.3. The monoisotopic (exact) mass is 339 g/mol. The molecule has 6 heteroatoms. The fourth-order valence-electron chi connectivity index (χ4n) is 2.93. The van der Waals surface area contributed by atoms with Crippen molar-refractivity contribution >= 4 is 23.2 Å².